The molecule has 4 aromatic rings. The molecule has 3 aromatic carbocycles. The highest BCUT2D eigenvalue weighted by molar-refractivity contribution is 6.32. The van der Waals surface area contributed by atoms with Crippen LogP contribution >= 0.6 is 23.2 Å². The van der Waals surface area contributed by atoms with Gasteiger partial charge in [0.2, 0.25) is 5.76 Å². The first-order chi connectivity index (χ1) is 18.3. The molecule has 0 aliphatic carbocycles. The number of ether oxygens (including phenoxy) is 2. The second-order valence-electron chi connectivity index (χ2n) is 9.29. The quantitative estimate of drug-likeness (QED) is 0.209. The fourth-order valence-corrected chi connectivity index (χ4v) is 5.11. The van der Waals surface area contributed by atoms with Crippen LogP contribution in [-0.2, 0) is 0 Å². The number of fused-ring (bicyclic) bond motifs is 2. The number of unbranched alkanes of at least 4 members (excludes halogenated alkanes) is 2. The number of halogens is 2. The second kappa shape index (κ2) is 10.7. The lowest BCUT2D eigenvalue weighted by Crippen LogP contribution is -2.29. The van der Waals surface area contributed by atoms with E-state index in [1.165, 1.54) is 4.90 Å². The standard InChI is InChI=1S/C30H27Cl2NO5/c1-4-5-6-13-37-24-11-8-18(14-25(24)36-3)27-26-28(34)21-15-19(31)9-12-23(21)38-29(26)30(35)33(27)20-10-7-17(2)22(32)16-20/h7-12,14-16,27H,4-6,13H2,1-3H3. The first-order valence-corrected chi connectivity index (χ1v) is 13.3. The normalized spacial score (nSPS) is 14.7. The van der Waals surface area contributed by atoms with Gasteiger partial charge in [-0.15, -0.1) is 0 Å². The van der Waals surface area contributed by atoms with Crippen molar-refractivity contribution >= 4 is 45.8 Å². The van der Waals surface area contributed by atoms with Gasteiger partial charge in [0.1, 0.15) is 5.58 Å². The lowest BCUT2D eigenvalue weighted by atomic mass is 9.97. The molecule has 0 fully saturated rings. The molecule has 2 heterocycles. The molecule has 0 N–H and O–H groups in total. The van der Waals surface area contributed by atoms with E-state index in [0.29, 0.717) is 50.4 Å². The number of methoxy groups -OCH3 is 1. The lowest BCUT2D eigenvalue weighted by molar-refractivity contribution is 0.0971. The number of anilines is 1. The zero-order valence-corrected chi connectivity index (χ0v) is 22.9. The zero-order chi connectivity index (χ0) is 27.0. The van der Waals surface area contributed by atoms with Crippen molar-refractivity contribution in [2.24, 2.45) is 0 Å². The summed E-state index contributed by atoms with van der Waals surface area (Å²) in [6, 6.07) is 14.8. The van der Waals surface area contributed by atoms with Gasteiger partial charge in [0.25, 0.3) is 5.91 Å². The van der Waals surface area contributed by atoms with Crippen molar-refractivity contribution in [1.82, 2.24) is 0 Å². The first kappa shape index (κ1) is 26.1. The predicted octanol–water partition coefficient (Wildman–Crippen LogP) is 7.74. The minimum absolute atomic E-state index is 0.00891. The Morgan fingerprint density at radius 1 is 0.974 bits per heavy atom. The largest absolute Gasteiger partial charge is 0.493 e. The van der Waals surface area contributed by atoms with E-state index < -0.39 is 11.9 Å². The number of amides is 1. The summed E-state index contributed by atoms with van der Waals surface area (Å²) < 4.78 is 17.6. The lowest BCUT2D eigenvalue weighted by Gasteiger charge is -2.26. The number of nitrogens with zero attached hydrogens (tertiary/aromatic N) is 1. The first-order valence-electron chi connectivity index (χ1n) is 12.5. The maximum atomic E-state index is 13.8. The number of carbonyl (C=O) groups excluding carboxylic acids is 1. The van der Waals surface area contributed by atoms with Crippen molar-refractivity contribution < 1.29 is 18.7 Å². The Morgan fingerprint density at radius 3 is 2.53 bits per heavy atom. The van der Waals surface area contributed by atoms with Crippen molar-refractivity contribution in [3.8, 4) is 11.5 Å². The van der Waals surface area contributed by atoms with Gasteiger partial charge in [-0.1, -0.05) is 55.1 Å². The van der Waals surface area contributed by atoms with E-state index in [1.807, 2.05) is 31.2 Å². The molecular weight excluding hydrogens is 525 g/mol. The number of aryl methyl sites for hydroxylation is 1. The van der Waals surface area contributed by atoms with E-state index in [-0.39, 0.29) is 16.8 Å². The Hall–Kier alpha value is -3.48. The van der Waals surface area contributed by atoms with E-state index in [2.05, 4.69) is 6.92 Å². The summed E-state index contributed by atoms with van der Waals surface area (Å²) in [5, 5.41) is 1.22. The summed E-state index contributed by atoms with van der Waals surface area (Å²) >= 11 is 12.6. The molecule has 5 rings (SSSR count). The van der Waals surface area contributed by atoms with Gasteiger partial charge in [-0.25, -0.2) is 0 Å². The molecule has 1 unspecified atom stereocenters. The third kappa shape index (κ3) is 4.63. The third-order valence-electron chi connectivity index (χ3n) is 6.77. The van der Waals surface area contributed by atoms with Gasteiger partial charge in [0.15, 0.2) is 16.9 Å². The molecule has 1 amide bonds. The number of benzene rings is 3. The van der Waals surface area contributed by atoms with Crippen molar-refractivity contribution in [2.75, 3.05) is 18.6 Å². The summed E-state index contributed by atoms with van der Waals surface area (Å²) in [5.41, 5.74) is 2.30. The van der Waals surface area contributed by atoms with E-state index in [1.54, 1.807) is 37.4 Å². The van der Waals surface area contributed by atoms with Crippen LogP contribution in [0, 0.1) is 6.92 Å². The van der Waals surface area contributed by atoms with Crippen molar-refractivity contribution in [3.05, 3.63) is 97.3 Å². The number of rotatable bonds is 8. The van der Waals surface area contributed by atoms with Crippen LogP contribution in [0.3, 0.4) is 0 Å². The summed E-state index contributed by atoms with van der Waals surface area (Å²) in [4.78, 5) is 29.2. The van der Waals surface area contributed by atoms with E-state index in [0.717, 1.165) is 24.8 Å². The monoisotopic (exact) mass is 551 g/mol. The fourth-order valence-electron chi connectivity index (χ4n) is 4.77. The van der Waals surface area contributed by atoms with Gasteiger partial charge in [-0.3, -0.25) is 14.5 Å². The number of carbonyl (C=O) groups is 1. The highest BCUT2D eigenvalue weighted by atomic mass is 35.5. The topological polar surface area (TPSA) is 69.0 Å². The van der Waals surface area contributed by atoms with Crippen molar-refractivity contribution in [3.63, 3.8) is 0 Å². The Labute approximate surface area is 230 Å². The molecule has 0 bridgehead atoms. The van der Waals surface area contributed by atoms with E-state index >= 15 is 0 Å². The van der Waals surface area contributed by atoms with Gasteiger partial charge < -0.3 is 13.9 Å². The van der Waals surface area contributed by atoms with Crippen LogP contribution in [0.4, 0.5) is 5.69 Å². The predicted molar refractivity (Wildman–Crippen MR) is 150 cm³/mol. The zero-order valence-electron chi connectivity index (χ0n) is 21.3. The highest BCUT2D eigenvalue weighted by Crippen LogP contribution is 2.44. The molecule has 8 heteroatoms. The van der Waals surface area contributed by atoms with Gasteiger partial charge in [-0.2, -0.15) is 0 Å². The maximum Gasteiger partial charge on any atom is 0.295 e. The molecule has 1 aromatic heterocycles. The molecule has 1 aliphatic rings. The average Bonchev–Trinajstić information content (AvgIpc) is 3.21. The van der Waals surface area contributed by atoms with Crippen LogP contribution in [0.5, 0.6) is 11.5 Å². The molecule has 196 valence electrons. The van der Waals surface area contributed by atoms with E-state index in [9.17, 15) is 9.59 Å². The van der Waals surface area contributed by atoms with Gasteiger partial charge in [-0.05, 0) is 66.9 Å². The SMILES string of the molecule is CCCCCOc1ccc(C2c3c(oc4ccc(Cl)cc4c3=O)C(=O)N2c2ccc(C)c(Cl)c2)cc1OC. The van der Waals surface area contributed by atoms with Crippen molar-refractivity contribution in [2.45, 2.75) is 39.2 Å². The van der Waals surface area contributed by atoms with Crippen LogP contribution in [0.1, 0.15) is 59.5 Å². The Balaban J connectivity index is 1.69. The second-order valence-corrected chi connectivity index (χ2v) is 10.1. The summed E-state index contributed by atoms with van der Waals surface area (Å²) in [6.07, 6.45) is 3.10. The van der Waals surface area contributed by atoms with E-state index in [4.69, 9.17) is 37.1 Å². The van der Waals surface area contributed by atoms with Gasteiger partial charge >= 0.3 is 0 Å². The number of hydrogen-bond acceptors (Lipinski definition) is 5. The van der Waals surface area contributed by atoms with Crippen LogP contribution < -0.4 is 19.8 Å². The van der Waals surface area contributed by atoms with Crippen LogP contribution in [-0.4, -0.2) is 19.6 Å². The maximum absolute atomic E-state index is 13.8. The molecule has 38 heavy (non-hydrogen) atoms. The van der Waals surface area contributed by atoms with Crippen LogP contribution in [0.2, 0.25) is 10.0 Å². The number of hydrogen-bond donors (Lipinski definition) is 0. The minimum Gasteiger partial charge on any atom is -0.493 e. The Bertz CT molecular complexity index is 1600. The Kier molecular flexibility index (Phi) is 7.37. The minimum atomic E-state index is -0.779. The van der Waals surface area contributed by atoms with Crippen LogP contribution in [0.15, 0.2) is 63.8 Å². The average molecular weight is 552 g/mol. The third-order valence-corrected chi connectivity index (χ3v) is 7.42. The van der Waals surface area contributed by atoms with Crippen LogP contribution in [0.25, 0.3) is 11.0 Å². The molecule has 6 nitrogen and oxygen atoms in total. The highest BCUT2D eigenvalue weighted by Gasteiger charge is 2.44. The summed E-state index contributed by atoms with van der Waals surface area (Å²) in [7, 11) is 1.56. The fraction of sp³-hybridized carbons (Fsp3) is 0.267. The molecule has 1 aliphatic heterocycles. The van der Waals surface area contributed by atoms with Crippen molar-refractivity contribution in [1.29, 1.82) is 0 Å². The van der Waals surface area contributed by atoms with Gasteiger partial charge in [0.05, 0.1) is 30.7 Å². The molecule has 0 saturated carbocycles. The molecule has 0 spiro atoms. The Morgan fingerprint density at radius 2 is 1.79 bits per heavy atom. The smallest absolute Gasteiger partial charge is 0.295 e. The van der Waals surface area contributed by atoms with Gasteiger partial charge in [0, 0.05) is 15.7 Å². The molecule has 0 radical (unpaired) electrons. The summed E-state index contributed by atoms with van der Waals surface area (Å²) in [5.74, 6) is 0.664. The molecule has 0 saturated heterocycles. The molecular formula is C30H27Cl2NO5. The molecule has 1 atom stereocenters. The summed E-state index contributed by atoms with van der Waals surface area (Å²) in [6.45, 7) is 4.59.